The molecule has 5 rings (SSSR count). The maximum absolute atomic E-state index is 13.4. The van der Waals surface area contributed by atoms with E-state index in [0.717, 1.165) is 32.4 Å². The van der Waals surface area contributed by atoms with Crippen LogP contribution in [0.2, 0.25) is 5.02 Å². The summed E-state index contributed by atoms with van der Waals surface area (Å²) in [5, 5.41) is 8.18. The quantitative estimate of drug-likeness (QED) is 0.377. The lowest BCUT2D eigenvalue weighted by Gasteiger charge is -2.26. The first-order valence-electron chi connectivity index (χ1n) is 9.56. The summed E-state index contributed by atoms with van der Waals surface area (Å²) in [5.74, 6) is -0.0532. The van der Waals surface area contributed by atoms with Crippen LogP contribution in [0.3, 0.4) is 0 Å². The Morgan fingerprint density at radius 3 is 2.37 bits per heavy atom. The number of nitrogens with zero attached hydrogens (tertiary/aromatic N) is 2. The number of benzene rings is 3. The van der Waals surface area contributed by atoms with Gasteiger partial charge in [-0.2, -0.15) is 5.10 Å². The van der Waals surface area contributed by atoms with Gasteiger partial charge in [-0.05, 0) is 35.4 Å². The van der Waals surface area contributed by atoms with Gasteiger partial charge >= 0.3 is 0 Å². The highest BCUT2D eigenvalue weighted by Gasteiger charge is 2.42. The minimum absolute atomic E-state index is 0.0532. The first-order valence-corrected chi connectivity index (χ1v) is 10.7. The first-order chi connectivity index (χ1) is 14.6. The van der Waals surface area contributed by atoms with Crippen LogP contribution in [0.25, 0.3) is 11.3 Å². The van der Waals surface area contributed by atoms with E-state index in [9.17, 15) is 4.79 Å². The number of hydrogen-bond acceptors (Lipinski definition) is 2. The predicted molar refractivity (Wildman–Crippen MR) is 121 cm³/mol. The van der Waals surface area contributed by atoms with E-state index in [1.54, 1.807) is 0 Å². The second-order valence-corrected chi connectivity index (χ2v) is 8.59. The molecule has 3 aromatic carbocycles. The molecule has 1 amide bonds. The molecule has 0 saturated heterocycles. The van der Waals surface area contributed by atoms with Gasteiger partial charge in [0.05, 0.1) is 11.7 Å². The van der Waals surface area contributed by atoms with Crippen LogP contribution in [0, 0.1) is 0 Å². The summed E-state index contributed by atoms with van der Waals surface area (Å²) in [4.78, 5) is 15.3. The van der Waals surface area contributed by atoms with E-state index in [0.29, 0.717) is 17.3 Å². The van der Waals surface area contributed by atoms with Crippen LogP contribution in [0.5, 0.6) is 0 Å². The minimum atomic E-state index is -0.231. The van der Waals surface area contributed by atoms with Crippen LogP contribution in [-0.4, -0.2) is 21.0 Å². The number of nitrogens with one attached hydrogen (secondary N) is 1. The molecule has 1 aromatic heterocycles. The standard InChI is InChI=1S/C24H17BrClN3O/c25-18-10-8-17(9-11-18)23-20-21(16-4-2-1-3-5-16)27-28-22(20)24(30)29(23)14-15-6-12-19(26)13-7-15/h1-13,23H,14H2,(H,27,28). The highest BCUT2D eigenvalue weighted by atomic mass is 79.9. The lowest BCUT2D eigenvalue weighted by atomic mass is 9.96. The SMILES string of the molecule is O=C1c2[nH]nc(-c3ccccc3)c2C(c2ccc(Br)cc2)N1Cc1ccc(Cl)cc1. The molecule has 0 aliphatic carbocycles. The molecule has 4 nitrogen and oxygen atoms in total. The maximum atomic E-state index is 13.4. The van der Waals surface area contributed by atoms with Crippen molar-refractivity contribution in [2.45, 2.75) is 12.6 Å². The van der Waals surface area contributed by atoms with E-state index >= 15 is 0 Å². The fourth-order valence-electron chi connectivity index (χ4n) is 3.95. The average Bonchev–Trinajstić information content (AvgIpc) is 3.31. The van der Waals surface area contributed by atoms with Crippen LogP contribution < -0.4 is 0 Å². The Morgan fingerprint density at radius 2 is 1.67 bits per heavy atom. The normalized spacial score (nSPS) is 15.5. The van der Waals surface area contributed by atoms with Crippen LogP contribution in [0.15, 0.2) is 83.3 Å². The zero-order valence-corrected chi connectivity index (χ0v) is 18.2. The van der Waals surface area contributed by atoms with Gasteiger partial charge in [-0.15, -0.1) is 0 Å². The fourth-order valence-corrected chi connectivity index (χ4v) is 4.34. The zero-order valence-electron chi connectivity index (χ0n) is 15.8. The number of halogens is 2. The third kappa shape index (κ3) is 3.34. The molecular formula is C24H17BrClN3O. The molecule has 0 spiro atoms. The largest absolute Gasteiger partial charge is 0.322 e. The van der Waals surface area contributed by atoms with Gasteiger partial charge in [0, 0.05) is 27.2 Å². The third-order valence-electron chi connectivity index (χ3n) is 5.36. The number of rotatable bonds is 4. The van der Waals surface area contributed by atoms with Gasteiger partial charge in [-0.25, -0.2) is 0 Å². The van der Waals surface area contributed by atoms with Gasteiger partial charge in [0.2, 0.25) is 0 Å². The van der Waals surface area contributed by atoms with Gasteiger partial charge in [0.25, 0.3) is 5.91 Å². The van der Waals surface area contributed by atoms with Crippen LogP contribution >= 0.6 is 27.5 Å². The van der Waals surface area contributed by atoms with Crippen molar-refractivity contribution in [1.82, 2.24) is 15.1 Å². The molecule has 0 fully saturated rings. The predicted octanol–water partition coefficient (Wildman–Crippen LogP) is 6.24. The lowest BCUT2D eigenvalue weighted by Crippen LogP contribution is -2.29. The monoisotopic (exact) mass is 477 g/mol. The molecule has 30 heavy (non-hydrogen) atoms. The fraction of sp³-hybridized carbons (Fsp3) is 0.0833. The van der Waals surface area contributed by atoms with Crippen LogP contribution in [-0.2, 0) is 6.54 Å². The van der Waals surface area contributed by atoms with Gasteiger partial charge in [0.1, 0.15) is 5.69 Å². The van der Waals surface area contributed by atoms with Gasteiger partial charge in [-0.1, -0.05) is 82.1 Å². The summed E-state index contributed by atoms with van der Waals surface area (Å²) in [6.07, 6.45) is 0. The van der Waals surface area contributed by atoms with E-state index < -0.39 is 0 Å². The van der Waals surface area contributed by atoms with Gasteiger partial charge in [-0.3, -0.25) is 9.89 Å². The molecule has 2 heterocycles. The van der Waals surface area contributed by atoms with E-state index in [4.69, 9.17) is 11.6 Å². The van der Waals surface area contributed by atoms with E-state index in [-0.39, 0.29) is 11.9 Å². The first kappa shape index (κ1) is 19.1. The number of carbonyl (C=O) groups is 1. The molecule has 1 aliphatic heterocycles. The molecule has 1 aliphatic rings. The number of hydrogen-bond donors (Lipinski definition) is 1. The van der Waals surface area contributed by atoms with Crippen molar-refractivity contribution in [3.05, 3.63) is 111 Å². The molecule has 4 aromatic rings. The van der Waals surface area contributed by atoms with Crippen LogP contribution in [0.1, 0.15) is 33.2 Å². The number of aromatic nitrogens is 2. The van der Waals surface area contributed by atoms with Crippen LogP contribution in [0.4, 0.5) is 0 Å². The molecule has 6 heteroatoms. The molecule has 0 saturated carbocycles. The summed E-state index contributed by atoms with van der Waals surface area (Å²) in [6, 6.07) is 25.4. The summed E-state index contributed by atoms with van der Waals surface area (Å²) in [7, 11) is 0. The smallest absolute Gasteiger partial charge is 0.273 e. The number of H-pyrrole nitrogens is 1. The second-order valence-electron chi connectivity index (χ2n) is 7.24. The Kier molecular flexibility index (Phi) is 4.93. The molecule has 1 N–H and O–H groups in total. The van der Waals surface area contributed by atoms with Gasteiger partial charge < -0.3 is 4.90 Å². The number of carbonyl (C=O) groups excluding carboxylic acids is 1. The summed E-state index contributed by atoms with van der Waals surface area (Å²) < 4.78 is 0.996. The number of fused-ring (bicyclic) bond motifs is 1. The number of amides is 1. The molecule has 148 valence electrons. The Bertz CT molecular complexity index is 1200. The molecular weight excluding hydrogens is 462 g/mol. The summed E-state index contributed by atoms with van der Waals surface area (Å²) >= 11 is 9.55. The highest BCUT2D eigenvalue weighted by molar-refractivity contribution is 9.10. The van der Waals surface area contributed by atoms with Gasteiger partial charge in [0.15, 0.2) is 0 Å². The minimum Gasteiger partial charge on any atom is -0.322 e. The Labute approximate surface area is 187 Å². The summed E-state index contributed by atoms with van der Waals surface area (Å²) in [5.41, 5.74) is 5.33. The van der Waals surface area contributed by atoms with Crippen molar-refractivity contribution in [3.8, 4) is 11.3 Å². The van der Waals surface area contributed by atoms with E-state index in [1.807, 2.05) is 83.8 Å². The second kappa shape index (κ2) is 7.74. The molecule has 1 atom stereocenters. The van der Waals surface area contributed by atoms with Crippen molar-refractivity contribution < 1.29 is 4.79 Å². The molecule has 0 radical (unpaired) electrons. The maximum Gasteiger partial charge on any atom is 0.273 e. The van der Waals surface area contributed by atoms with Crippen molar-refractivity contribution in [3.63, 3.8) is 0 Å². The Hall–Kier alpha value is -2.89. The van der Waals surface area contributed by atoms with Crippen molar-refractivity contribution in [1.29, 1.82) is 0 Å². The number of aromatic amines is 1. The van der Waals surface area contributed by atoms with Crippen molar-refractivity contribution in [2.75, 3.05) is 0 Å². The molecule has 1 unspecified atom stereocenters. The van der Waals surface area contributed by atoms with E-state index in [2.05, 4.69) is 26.1 Å². The zero-order chi connectivity index (χ0) is 20.7. The van der Waals surface area contributed by atoms with E-state index in [1.165, 1.54) is 0 Å². The van der Waals surface area contributed by atoms with Crippen molar-refractivity contribution >= 4 is 33.4 Å². The lowest BCUT2D eigenvalue weighted by molar-refractivity contribution is 0.0730. The average molecular weight is 479 g/mol. The Balaban J connectivity index is 1.63. The highest BCUT2D eigenvalue weighted by Crippen LogP contribution is 2.43. The topological polar surface area (TPSA) is 49.0 Å². The Morgan fingerprint density at radius 1 is 0.967 bits per heavy atom. The molecule has 0 bridgehead atoms. The summed E-state index contributed by atoms with van der Waals surface area (Å²) in [6.45, 7) is 0.480. The third-order valence-corrected chi connectivity index (χ3v) is 6.14. The van der Waals surface area contributed by atoms with Crippen molar-refractivity contribution in [2.24, 2.45) is 0 Å².